The lowest BCUT2D eigenvalue weighted by molar-refractivity contribution is 0.251. The van der Waals surface area contributed by atoms with E-state index >= 15 is 0 Å². The number of hydrogen-bond donors (Lipinski definition) is 2. The number of carbonyl (C=O) groups excluding carboxylic acids is 1. The molecule has 0 atom stereocenters. The van der Waals surface area contributed by atoms with Crippen LogP contribution in [0, 0.1) is 0 Å². The quantitative estimate of drug-likeness (QED) is 0.719. The summed E-state index contributed by atoms with van der Waals surface area (Å²) in [6.45, 7) is 1.20. The summed E-state index contributed by atoms with van der Waals surface area (Å²) >= 11 is 3.34. The maximum atomic E-state index is 11.8. The van der Waals surface area contributed by atoms with E-state index in [2.05, 4.69) is 26.7 Å². The van der Waals surface area contributed by atoms with Crippen LogP contribution in [-0.2, 0) is 6.54 Å². The minimum atomic E-state index is -0.267. The van der Waals surface area contributed by atoms with Gasteiger partial charge in [-0.05, 0) is 23.6 Å². The van der Waals surface area contributed by atoms with E-state index < -0.39 is 0 Å². The molecule has 3 heterocycles. The maximum Gasteiger partial charge on any atom is 0.320 e. The number of thiophene rings is 1. The fraction of sp³-hybridized carbons (Fsp3) is 0.133. The van der Waals surface area contributed by atoms with Crippen molar-refractivity contribution in [2.24, 2.45) is 0 Å². The second-order valence-corrected chi connectivity index (χ2v) is 6.92. The van der Waals surface area contributed by atoms with Gasteiger partial charge in [-0.15, -0.1) is 11.3 Å². The van der Waals surface area contributed by atoms with Gasteiger partial charge in [0.15, 0.2) is 0 Å². The van der Waals surface area contributed by atoms with Crippen molar-refractivity contribution in [2.45, 2.75) is 15.6 Å². The Hall–Kier alpha value is -2.32. The number of amides is 2. The van der Waals surface area contributed by atoms with Gasteiger partial charge in [0.25, 0.3) is 0 Å². The van der Waals surface area contributed by atoms with Crippen molar-refractivity contribution in [1.29, 1.82) is 0 Å². The molecule has 3 rings (SSSR count). The summed E-state index contributed by atoms with van der Waals surface area (Å²) in [5.74, 6) is 0.528. The van der Waals surface area contributed by atoms with Crippen LogP contribution in [0.4, 0.5) is 10.6 Å². The number of hydrogen-bond acceptors (Lipinski definition) is 5. The third kappa shape index (κ3) is 4.83. The molecule has 0 saturated heterocycles. The predicted molar refractivity (Wildman–Crippen MR) is 91.9 cm³/mol. The highest BCUT2D eigenvalue weighted by Crippen LogP contribution is 2.30. The fourth-order valence-electron chi connectivity index (χ4n) is 1.83. The summed E-state index contributed by atoms with van der Waals surface area (Å²) in [6, 6.07) is 7.56. The number of aromatic nitrogens is 3. The lowest BCUT2D eigenvalue weighted by atomic mass is 10.4. The topological polar surface area (TPSA) is 71.8 Å². The first-order chi connectivity index (χ1) is 11.3. The van der Waals surface area contributed by atoms with Gasteiger partial charge in [-0.2, -0.15) is 0 Å². The Balaban J connectivity index is 1.44. The van der Waals surface area contributed by atoms with E-state index in [0.29, 0.717) is 18.9 Å². The van der Waals surface area contributed by atoms with E-state index in [1.807, 2.05) is 28.3 Å². The molecular weight excluding hydrogens is 330 g/mol. The SMILES string of the molecule is O=C(NCCn1ccnc1)Nc1ccc(Sc2cccs2)cn1. The summed E-state index contributed by atoms with van der Waals surface area (Å²) in [5, 5.41) is 7.54. The van der Waals surface area contributed by atoms with Gasteiger partial charge < -0.3 is 9.88 Å². The van der Waals surface area contributed by atoms with Crippen molar-refractivity contribution in [3.8, 4) is 0 Å². The molecule has 0 radical (unpaired) electrons. The van der Waals surface area contributed by atoms with Crippen LogP contribution < -0.4 is 10.6 Å². The number of urea groups is 1. The first-order valence-electron chi connectivity index (χ1n) is 6.97. The fourth-order valence-corrected chi connectivity index (χ4v) is 3.55. The van der Waals surface area contributed by atoms with Crippen LogP contribution in [0.15, 0.2) is 63.7 Å². The van der Waals surface area contributed by atoms with Crippen molar-refractivity contribution in [3.63, 3.8) is 0 Å². The van der Waals surface area contributed by atoms with E-state index in [9.17, 15) is 4.79 Å². The number of nitrogens with one attached hydrogen (secondary N) is 2. The Labute approximate surface area is 142 Å². The van der Waals surface area contributed by atoms with Gasteiger partial charge >= 0.3 is 6.03 Å². The minimum absolute atomic E-state index is 0.267. The van der Waals surface area contributed by atoms with Gasteiger partial charge in [0, 0.05) is 36.6 Å². The summed E-state index contributed by atoms with van der Waals surface area (Å²) in [7, 11) is 0. The average Bonchev–Trinajstić information content (AvgIpc) is 3.23. The van der Waals surface area contributed by atoms with Crippen LogP contribution in [0.5, 0.6) is 0 Å². The Morgan fingerprint density at radius 2 is 2.30 bits per heavy atom. The standard InChI is InChI=1S/C15H15N5OS2/c21-15(17-6-8-20-7-5-16-11-20)19-13-4-3-12(10-18-13)23-14-2-1-9-22-14/h1-5,7,9-11H,6,8H2,(H2,17,18,19,21). The van der Waals surface area contributed by atoms with Gasteiger partial charge in [0.2, 0.25) is 0 Å². The molecule has 2 N–H and O–H groups in total. The first-order valence-corrected chi connectivity index (χ1v) is 8.67. The van der Waals surface area contributed by atoms with E-state index in [4.69, 9.17) is 0 Å². The number of anilines is 1. The van der Waals surface area contributed by atoms with Gasteiger partial charge in [0.1, 0.15) is 5.82 Å². The van der Waals surface area contributed by atoms with Crippen LogP contribution in [0.2, 0.25) is 0 Å². The smallest absolute Gasteiger partial charge is 0.320 e. The summed E-state index contributed by atoms with van der Waals surface area (Å²) < 4.78 is 3.11. The van der Waals surface area contributed by atoms with E-state index in [1.165, 1.54) is 4.21 Å². The second-order valence-electron chi connectivity index (χ2n) is 4.59. The number of nitrogens with zero attached hydrogens (tertiary/aromatic N) is 3. The number of pyridine rings is 1. The van der Waals surface area contributed by atoms with Crippen molar-refractivity contribution in [1.82, 2.24) is 19.9 Å². The van der Waals surface area contributed by atoms with Gasteiger partial charge in [0.05, 0.1) is 10.5 Å². The summed E-state index contributed by atoms with van der Waals surface area (Å²) in [5.41, 5.74) is 0. The van der Waals surface area contributed by atoms with Crippen LogP contribution in [0.3, 0.4) is 0 Å². The molecule has 0 unspecified atom stereocenters. The van der Waals surface area contributed by atoms with Crippen LogP contribution >= 0.6 is 23.1 Å². The molecule has 8 heteroatoms. The Morgan fingerprint density at radius 3 is 3.00 bits per heavy atom. The molecule has 0 aliphatic heterocycles. The molecule has 2 amide bonds. The molecule has 0 fully saturated rings. The van der Waals surface area contributed by atoms with E-state index in [0.717, 1.165) is 4.90 Å². The molecule has 0 aromatic carbocycles. The molecule has 6 nitrogen and oxygen atoms in total. The lowest BCUT2D eigenvalue weighted by Gasteiger charge is -2.07. The molecule has 0 aliphatic rings. The average molecular weight is 345 g/mol. The van der Waals surface area contributed by atoms with Gasteiger partial charge in [-0.25, -0.2) is 14.8 Å². The van der Waals surface area contributed by atoms with E-state index in [1.54, 1.807) is 47.9 Å². The minimum Gasteiger partial charge on any atom is -0.336 e. The van der Waals surface area contributed by atoms with Crippen molar-refractivity contribution < 1.29 is 4.79 Å². The molecule has 0 bridgehead atoms. The zero-order valence-electron chi connectivity index (χ0n) is 12.2. The number of rotatable bonds is 6. The van der Waals surface area contributed by atoms with Crippen LogP contribution in [0.25, 0.3) is 0 Å². The lowest BCUT2D eigenvalue weighted by Crippen LogP contribution is -2.31. The van der Waals surface area contributed by atoms with Crippen molar-refractivity contribution in [2.75, 3.05) is 11.9 Å². The number of imidazole rings is 1. The molecule has 3 aromatic rings. The normalized spacial score (nSPS) is 10.4. The van der Waals surface area contributed by atoms with Crippen LogP contribution in [-0.4, -0.2) is 27.1 Å². The zero-order valence-corrected chi connectivity index (χ0v) is 13.8. The Morgan fingerprint density at radius 1 is 1.35 bits per heavy atom. The molecule has 0 aliphatic carbocycles. The maximum absolute atomic E-state index is 11.8. The van der Waals surface area contributed by atoms with Crippen molar-refractivity contribution in [3.05, 3.63) is 54.6 Å². The molecule has 3 aromatic heterocycles. The largest absolute Gasteiger partial charge is 0.336 e. The highest BCUT2D eigenvalue weighted by molar-refractivity contribution is 8.01. The van der Waals surface area contributed by atoms with Crippen LogP contribution in [0.1, 0.15) is 0 Å². The Kier molecular flexibility index (Phi) is 5.28. The number of carbonyl (C=O) groups is 1. The zero-order chi connectivity index (χ0) is 15.9. The first kappa shape index (κ1) is 15.6. The van der Waals surface area contributed by atoms with Gasteiger partial charge in [-0.3, -0.25) is 5.32 Å². The summed E-state index contributed by atoms with van der Waals surface area (Å²) in [4.78, 5) is 21.0. The third-order valence-electron chi connectivity index (χ3n) is 2.91. The molecular formula is C15H15N5OS2. The van der Waals surface area contributed by atoms with Gasteiger partial charge in [-0.1, -0.05) is 17.8 Å². The van der Waals surface area contributed by atoms with Crippen molar-refractivity contribution >= 4 is 34.9 Å². The molecule has 0 saturated carbocycles. The Bertz CT molecular complexity index is 726. The third-order valence-corrected chi connectivity index (χ3v) is 4.92. The van der Waals surface area contributed by atoms with E-state index in [-0.39, 0.29) is 6.03 Å². The summed E-state index contributed by atoms with van der Waals surface area (Å²) in [6.07, 6.45) is 7.03. The highest BCUT2D eigenvalue weighted by Gasteiger charge is 2.03. The predicted octanol–water partition coefficient (Wildman–Crippen LogP) is 3.31. The molecule has 23 heavy (non-hydrogen) atoms. The monoisotopic (exact) mass is 345 g/mol. The highest BCUT2D eigenvalue weighted by atomic mass is 32.2. The molecule has 0 spiro atoms. The second kappa shape index (κ2) is 7.80. The molecule has 118 valence electrons.